The fourth-order valence-corrected chi connectivity index (χ4v) is 2.43. The number of pyridine rings is 1. The predicted octanol–water partition coefficient (Wildman–Crippen LogP) is 2.24. The van der Waals surface area contributed by atoms with Crippen molar-refractivity contribution >= 4 is 14.7 Å². The van der Waals surface area contributed by atoms with Crippen LogP contribution in [0.5, 0.6) is 0 Å². The second-order valence-corrected chi connectivity index (χ2v) is 4.01. The SMILES string of the molecule is Pc1ncccc1C1CCCC1. The first kappa shape index (κ1) is 8.19. The van der Waals surface area contributed by atoms with Crippen LogP contribution in [0.15, 0.2) is 18.3 Å². The van der Waals surface area contributed by atoms with Gasteiger partial charge in [-0.15, -0.1) is 0 Å². The van der Waals surface area contributed by atoms with Gasteiger partial charge in [-0.05, 0) is 30.4 Å². The fourth-order valence-electron chi connectivity index (χ4n) is 2.01. The van der Waals surface area contributed by atoms with Crippen LogP contribution in [0, 0.1) is 0 Å². The van der Waals surface area contributed by atoms with E-state index in [0.29, 0.717) is 0 Å². The van der Waals surface area contributed by atoms with Crippen molar-refractivity contribution in [1.29, 1.82) is 0 Å². The summed E-state index contributed by atoms with van der Waals surface area (Å²) in [6.45, 7) is 0. The Balaban J connectivity index is 2.26. The lowest BCUT2D eigenvalue weighted by Gasteiger charge is -2.10. The van der Waals surface area contributed by atoms with Crippen LogP contribution in [-0.4, -0.2) is 4.98 Å². The highest BCUT2D eigenvalue weighted by molar-refractivity contribution is 7.27. The average Bonchev–Trinajstić information content (AvgIpc) is 2.57. The predicted molar refractivity (Wildman–Crippen MR) is 54.8 cm³/mol. The molecule has 0 amide bonds. The molecule has 1 aliphatic carbocycles. The second-order valence-electron chi connectivity index (χ2n) is 3.46. The number of aromatic nitrogens is 1. The van der Waals surface area contributed by atoms with Crippen molar-refractivity contribution in [2.75, 3.05) is 0 Å². The largest absolute Gasteiger partial charge is 0.257 e. The van der Waals surface area contributed by atoms with E-state index in [1.165, 1.54) is 31.2 Å². The van der Waals surface area contributed by atoms with Crippen LogP contribution < -0.4 is 5.44 Å². The molecule has 2 rings (SSSR count). The van der Waals surface area contributed by atoms with E-state index in [0.717, 1.165) is 11.4 Å². The van der Waals surface area contributed by atoms with Crippen LogP contribution in [-0.2, 0) is 0 Å². The van der Waals surface area contributed by atoms with Gasteiger partial charge in [-0.2, -0.15) is 0 Å². The third kappa shape index (κ3) is 1.51. The summed E-state index contributed by atoms with van der Waals surface area (Å²) >= 11 is 0. The lowest BCUT2D eigenvalue weighted by molar-refractivity contribution is 0.725. The van der Waals surface area contributed by atoms with Gasteiger partial charge >= 0.3 is 0 Å². The number of rotatable bonds is 1. The molecule has 1 aliphatic rings. The minimum absolute atomic E-state index is 0.784. The Morgan fingerprint density at radius 2 is 2.08 bits per heavy atom. The first-order chi connectivity index (χ1) is 5.88. The van der Waals surface area contributed by atoms with Crippen molar-refractivity contribution in [3.05, 3.63) is 23.9 Å². The van der Waals surface area contributed by atoms with E-state index in [4.69, 9.17) is 0 Å². The van der Waals surface area contributed by atoms with Crippen LogP contribution in [0.2, 0.25) is 0 Å². The van der Waals surface area contributed by atoms with E-state index in [1.54, 1.807) is 0 Å². The Morgan fingerprint density at radius 3 is 2.75 bits per heavy atom. The maximum Gasteiger partial charge on any atom is 0.0603 e. The Hall–Kier alpha value is -0.420. The minimum atomic E-state index is 0.784. The van der Waals surface area contributed by atoms with Gasteiger partial charge in [0.05, 0.1) is 5.44 Å². The van der Waals surface area contributed by atoms with Gasteiger partial charge in [0.25, 0.3) is 0 Å². The summed E-state index contributed by atoms with van der Waals surface area (Å²) in [5, 5.41) is 0. The van der Waals surface area contributed by atoms with Gasteiger partial charge in [0.15, 0.2) is 0 Å². The summed E-state index contributed by atoms with van der Waals surface area (Å²) in [5.74, 6) is 0.784. The lowest BCUT2D eigenvalue weighted by Crippen LogP contribution is -2.08. The molecule has 0 aromatic carbocycles. The molecule has 0 bridgehead atoms. The van der Waals surface area contributed by atoms with Crippen LogP contribution in [0.3, 0.4) is 0 Å². The van der Waals surface area contributed by atoms with Gasteiger partial charge in [-0.3, -0.25) is 4.98 Å². The van der Waals surface area contributed by atoms with E-state index >= 15 is 0 Å². The van der Waals surface area contributed by atoms with Gasteiger partial charge in [-0.1, -0.05) is 28.1 Å². The molecule has 0 N–H and O–H groups in total. The molecule has 1 aromatic heterocycles. The van der Waals surface area contributed by atoms with Crippen molar-refractivity contribution < 1.29 is 0 Å². The fraction of sp³-hybridized carbons (Fsp3) is 0.500. The van der Waals surface area contributed by atoms with Crippen LogP contribution in [0.4, 0.5) is 0 Å². The number of hydrogen-bond donors (Lipinski definition) is 0. The van der Waals surface area contributed by atoms with Gasteiger partial charge in [0.2, 0.25) is 0 Å². The molecule has 64 valence electrons. The first-order valence-corrected chi connectivity index (χ1v) is 5.16. The summed E-state index contributed by atoms with van der Waals surface area (Å²) in [6.07, 6.45) is 7.36. The smallest absolute Gasteiger partial charge is 0.0603 e. The summed E-state index contributed by atoms with van der Waals surface area (Å²) in [7, 11) is 2.73. The van der Waals surface area contributed by atoms with Gasteiger partial charge < -0.3 is 0 Å². The Bertz CT molecular complexity index is 266. The van der Waals surface area contributed by atoms with Crippen LogP contribution >= 0.6 is 9.24 Å². The summed E-state index contributed by atoms with van der Waals surface area (Å²) < 4.78 is 0. The maximum atomic E-state index is 4.29. The Labute approximate surface area is 75.8 Å². The van der Waals surface area contributed by atoms with Crippen LogP contribution in [0.1, 0.15) is 37.2 Å². The molecule has 2 heteroatoms. The topological polar surface area (TPSA) is 12.9 Å². The Morgan fingerprint density at radius 1 is 1.33 bits per heavy atom. The summed E-state index contributed by atoms with van der Waals surface area (Å²) in [5.41, 5.74) is 2.59. The molecule has 1 heterocycles. The molecule has 1 unspecified atom stereocenters. The molecular weight excluding hydrogens is 165 g/mol. The second kappa shape index (κ2) is 3.53. The summed E-state index contributed by atoms with van der Waals surface area (Å²) in [6, 6.07) is 4.26. The van der Waals surface area contributed by atoms with Crippen molar-refractivity contribution in [2.24, 2.45) is 0 Å². The monoisotopic (exact) mass is 179 g/mol. The van der Waals surface area contributed by atoms with E-state index in [9.17, 15) is 0 Å². The standard InChI is InChI=1S/C10H14NP/c12-10-9(6-3-7-11-10)8-4-1-2-5-8/h3,6-8H,1-2,4-5,12H2. The molecule has 0 radical (unpaired) electrons. The highest BCUT2D eigenvalue weighted by atomic mass is 31.0. The van der Waals surface area contributed by atoms with Gasteiger partial charge in [0, 0.05) is 6.20 Å². The lowest BCUT2D eigenvalue weighted by atomic mass is 10.00. The normalized spacial score (nSPS) is 18.4. The molecule has 0 saturated heterocycles. The van der Waals surface area contributed by atoms with E-state index in [-0.39, 0.29) is 0 Å². The molecule has 0 spiro atoms. The highest BCUT2D eigenvalue weighted by Gasteiger charge is 2.18. The zero-order valence-electron chi connectivity index (χ0n) is 7.16. The molecule has 1 nitrogen and oxygen atoms in total. The zero-order chi connectivity index (χ0) is 8.39. The summed E-state index contributed by atoms with van der Waals surface area (Å²) in [4.78, 5) is 4.29. The van der Waals surface area contributed by atoms with Gasteiger partial charge in [0.1, 0.15) is 0 Å². The van der Waals surface area contributed by atoms with Crippen molar-refractivity contribution in [1.82, 2.24) is 4.98 Å². The highest BCUT2D eigenvalue weighted by Crippen LogP contribution is 2.33. The Kier molecular flexibility index (Phi) is 2.41. The minimum Gasteiger partial charge on any atom is -0.257 e. The van der Waals surface area contributed by atoms with E-state index < -0.39 is 0 Å². The third-order valence-electron chi connectivity index (χ3n) is 2.67. The van der Waals surface area contributed by atoms with E-state index in [2.05, 4.69) is 20.3 Å². The third-order valence-corrected chi connectivity index (χ3v) is 3.15. The molecule has 1 atom stereocenters. The maximum absolute atomic E-state index is 4.29. The van der Waals surface area contributed by atoms with Crippen molar-refractivity contribution in [3.8, 4) is 0 Å². The van der Waals surface area contributed by atoms with E-state index in [1.807, 2.05) is 12.3 Å². The molecule has 1 saturated carbocycles. The molecule has 1 fully saturated rings. The average molecular weight is 179 g/mol. The zero-order valence-corrected chi connectivity index (χ0v) is 8.32. The van der Waals surface area contributed by atoms with Crippen molar-refractivity contribution in [3.63, 3.8) is 0 Å². The number of hydrogen-bond acceptors (Lipinski definition) is 1. The number of nitrogens with zero attached hydrogens (tertiary/aromatic N) is 1. The van der Waals surface area contributed by atoms with Gasteiger partial charge in [-0.25, -0.2) is 0 Å². The van der Waals surface area contributed by atoms with Crippen molar-refractivity contribution in [2.45, 2.75) is 31.6 Å². The van der Waals surface area contributed by atoms with Crippen LogP contribution in [0.25, 0.3) is 0 Å². The molecular formula is C10H14NP. The molecule has 0 aliphatic heterocycles. The molecule has 12 heavy (non-hydrogen) atoms. The first-order valence-electron chi connectivity index (χ1n) is 4.58. The molecule has 1 aromatic rings. The quantitative estimate of drug-likeness (QED) is 0.602.